The minimum Gasteiger partial charge on any atom is -0.479 e. The Bertz CT molecular complexity index is 612. The fraction of sp³-hybridized carbons (Fsp3) is 0.643. The van der Waals surface area contributed by atoms with E-state index >= 15 is 0 Å². The van der Waals surface area contributed by atoms with E-state index in [9.17, 15) is 0 Å². The maximum atomic E-state index is 5.91. The molecule has 2 unspecified atom stereocenters. The van der Waals surface area contributed by atoms with Crippen LogP contribution in [0.15, 0.2) is 6.33 Å². The molecule has 1 fully saturated rings. The van der Waals surface area contributed by atoms with Gasteiger partial charge in [0.1, 0.15) is 12.2 Å². The van der Waals surface area contributed by atoms with Crippen LogP contribution in [0.5, 0.6) is 5.88 Å². The predicted octanol–water partition coefficient (Wildman–Crippen LogP) is 2.98. The first-order valence-corrected chi connectivity index (χ1v) is 7.65. The van der Waals surface area contributed by atoms with Gasteiger partial charge in [-0.05, 0) is 18.8 Å². The highest BCUT2D eigenvalue weighted by molar-refractivity contribution is 6.17. The molecular formula is C14H19ClN4O. The maximum absolute atomic E-state index is 5.91. The van der Waals surface area contributed by atoms with E-state index in [0.29, 0.717) is 17.8 Å². The van der Waals surface area contributed by atoms with Crippen molar-refractivity contribution in [1.82, 2.24) is 19.5 Å². The molecule has 0 amide bonds. The third kappa shape index (κ3) is 2.24. The number of halogens is 1. The Hall–Kier alpha value is -1.36. The zero-order valence-corrected chi connectivity index (χ0v) is 12.6. The predicted molar refractivity (Wildman–Crippen MR) is 78.4 cm³/mol. The molecule has 108 valence electrons. The Balaban J connectivity index is 2.06. The van der Waals surface area contributed by atoms with Gasteiger partial charge in [0.15, 0.2) is 11.2 Å². The summed E-state index contributed by atoms with van der Waals surface area (Å²) in [4.78, 5) is 13.2. The molecule has 1 aliphatic rings. The van der Waals surface area contributed by atoms with E-state index in [1.807, 2.05) is 0 Å². The van der Waals surface area contributed by atoms with Crippen molar-refractivity contribution < 1.29 is 4.74 Å². The van der Waals surface area contributed by atoms with Gasteiger partial charge in [0, 0.05) is 18.3 Å². The highest BCUT2D eigenvalue weighted by atomic mass is 35.5. The van der Waals surface area contributed by atoms with Gasteiger partial charge in [-0.25, -0.2) is 9.97 Å². The second-order valence-corrected chi connectivity index (χ2v) is 5.62. The van der Waals surface area contributed by atoms with Crippen LogP contribution in [-0.2, 0) is 6.42 Å². The quantitative estimate of drug-likeness (QED) is 0.769. The summed E-state index contributed by atoms with van der Waals surface area (Å²) in [6.07, 6.45) is 5.97. The summed E-state index contributed by atoms with van der Waals surface area (Å²) in [5.74, 6) is 2.84. The molecule has 5 nitrogen and oxygen atoms in total. The molecule has 6 heteroatoms. The Morgan fingerprint density at radius 1 is 1.45 bits per heavy atom. The topological polar surface area (TPSA) is 52.8 Å². The molecule has 1 saturated carbocycles. The van der Waals surface area contributed by atoms with Gasteiger partial charge in [-0.3, -0.25) is 0 Å². The summed E-state index contributed by atoms with van der Waals surface area (Å²) in [6, 6.07) is 0.512. The molecule has 3 rings (SSSR count). The van der Waals surface area contributed by atoms with Gasteiger partial charge in [-0.15, -0.1) is 11.6 Å². The number of hydrogen-bond donors (Lipinski definition) is 0. The van der Waals surface area contributed by atoms with Gasteiger partial charge in [0.2, 0.25) is 5.88 Å². The molecule has 0 saturated heterocycles. The van der Waals surface area contributed by atoms with Crippen molar-refractivity contribution in [2.45, 2.75) is 38.6 Å². The molecule has 0 aromatic carbocycles. The van der Waals surface area contributed by atoms with E-state index in [4.69, 9.17) is 16.3 Å². The van der Waals surface area contributed by atoms with E-state index < -0.39 is 0 Å². The molecule has 2 atom stereocenters. The van der Waals surface area contributed by atoms with Crippen LogP contribution < -0.4 is 4.74 Å². The van der Waals surface area contributed by atoms with Crippen molar-refractivity contribution in [2.24, 2.45) is 5.92 Å². The van der Waals surface area contributed by atoms with Crippen LogP contribution in [0.3, 0.4) is 0 Å². The van der Waals surface area contributed by atoms with Crippen LogP contribution in [-0.4, -0.2) is 32.5 Å². The van der Waals surface area contributed by atoms with Crippen molar-refractivity contribution in [3.63, 3.8) is 0 Å². The number of rotatable bonds is 6. The van der Waals surface area contributed by atoms with Crippen molar-refractivity contribution in [3.8, 4) is 5.88 Å². The molecule has 0 N–H and O–H groups in total. The Kier molecular flexibility index (Phi) is 3.78. The third-order valence-corrected chi connectivity index (χ3v) is 4.09. The first-order chi connectivity index (χ1) is 9.80. The summed E-state index contributed by atoms with van der Waals surface area (Å²) in [6.45, 7) is 2.23. The fourth-order valence-electron chi connectivity index (χ4n) is 2.92. The van der Waals surface area contributed by atoms with E-state index in [1.54, 1.807) is 13.4 Å². The lowest BCUT2D eigenvalue weighted by atomic mass is 10.2. The molecule has 2 aromatic heterocycles. The SMILES string of the molecule is CCCC1CC1n1c(CCCl)nc2c(OC)ncnc21. The summed E-state index contributed by atoms with van der Waals surface area (Å²) in [5, 5.41) is 0. The van der Waals surface area contributed by atoms with Gasteiger partial charge >= 0.3 is 0 Å². The van der Waals surface area contributed by atoms with Gasteiger partial charge in [0.05, 0.1) is 7.11 Å². The van der Waals surface area contributed by atoms with Crippen LogP contribution in [0.25, 0.3) is 11.2 Å². The number of hydrogen-bond acceptors (Lipinski definition) is 4. The second-order valence-electron chi connectivity index (χ2n) is 5.24. The van der Waals surface area contributed by atoms with Gasteiger partial charge in [0.25, 0.3) is 0 Å². The minimum absolute atomic E-state index is 0.512. The number of aryl methyl sites for hydroxylation is 1. The van der Waals surface area contributed by atoms with E-state index in [-0.39, 0.29) is 0 Å². The van der Waals surface area contributed by atoms with Crippen LogP contribution in [0.1, 0.15) is 38.1 Å². The summed E-state index contributed by atoms with van der Waals surface area (Å²) >= 11 is 5.91. The standard InChI is InChI=1S/C14H19ClN4O/c1-3-4-9-7-10(9)19-11(5-6-15)18-12-13(19)16-8-17-14(12)20-2/h8-10H,3-7H2,1-2H3. The van der Waals surface area contributed by atoms with Gasteiger partial charge in [-0.2, -0.15) is 4.98 Å². The van der Waals surface area contributed by atoms with Gasteiger partial charge < -0.3 is 9.30 Å². The number of aromatic nitrogens is 4. The van der Waals surface area contributed by atoms with Crippen molar-refractivity contribution >= 4 is 22.8 Å². The number of alkyl halides is 1. The van der Waals surface area contributed by atoms with E-state index in [1.165, 1.54) is 19.3 Å². The molecule has 0 aliphatic heterocycles. The highest BCUT2D eigenvalue weighted by Crippen LogP contribution is 2.48. The second kappa shape index (κ2) is 5.56. The first kappa shape index (κ1) is 13.6. The average molecular weight is 295 g/mol. The number of methoxy groups -OCH3 is 1. The van der Waals surface area contributed by atoms with Crippen molar-refractivity contribution in [1.29, 1.82) is 0 Å². The number of imidazole rings is 1. The largest absolute Gasteiger partial charge is 0.479 e. The van der Waals surface area contributed by atoms with Crippen LogP contribution in [0.4, 0.5) is 0 Å². The Morgan fingerprint density at radius 3 is 3.00 bits per heavy atom. The van der Waals surface area contributed by atoms with Crippen LogP contribution >= 0.6 is 11.6 Å². The average Bonchev–Trinajstić information content (AvgIpc) is 3.10. The minimum atomic E-state index is 0.512. The lowest BCUT2D eigenvalue weighted by Gasteiger charge is -2.07. The van der Waals surface area contributed by atoms with Gasteiger partial charge in [-0.1, -0.05) is 13.3 Å². The summed E-state index contributed by atoms with van der Waals surface area (Å²) in [5.41, 5.74) is 1.62. The molecule has 0 spiro atoms. The van der Waals surface area contributed by atoms with Crippen LogP contribution in [0.2, 0.25) is 0 Å². The Labute approximate surface area is 123 Å². The summed E-state index contributed by atoms with van der Waals surface area (Å²) in [7, 11) is 1.61. The van der Waals surface area contributed by atoms with Crippen molar-refractivity contribution in [2.75, 3.05) is 13.0 Å². The van der Waals surface area contributed by atoms with E-state index in [2.05, 4.69) is 26.4 Å². The Morgan fingerprint density at radius 2 is 2.30 bits per heavy atom. The molecule has 2 heterocycles. The molecule has 2 aromatic rings. The lowest BCUT2D eigenvalue weighted by Crippen LogP contribution is -2.05. The lowest BCUT2D eigenvalue weighted by molar-refractivity contribution is 0.401. The third-order valence-electron chi connectivity index (χ3n) is 3.90. The van der Waals surface area contributed by atoms with Crippen LogP contribution in [0, 0.1) is 5.92 Å². The monoisotopic (exact) mass is 294 g/mol. The summed E-state index contributed by atoms with van der Waals surface area (Å²) < 4.78 is 7.54. The number of ether oxygens (including phenoxy) is 1. The number of fused-ring (bicyclic) bond motifs is 1. The number of nitrogens with zero attached hydrogens (tertiary/aromatic N) is 4. The van der Waals surface area contributed by atoms with E-state index in [0.717, 1.165) is 29.3 Å². The smallest absolute Gasteiger partial charge is 0.245 e. The zero-order chi connectivity index (χ0) is 14.1. The molecule has 20 heavy (non-hydrogen) atoms. The first-order valence-electron chi connectivity index (χ1n) is 7.11. The maximum Gasteiger partial charge on any atom is 0.245 e. The molecule has 0 bridgehead atoms. The van der Waals surface area contributed by atoms with Crippen molar-refractivity contribution in [3.05, 3.63) is 12.2 Å². The highest BCUT2D eigenvalue weighted by Gasteiger charge is 2.40. The fourth-order valence-corrected chi connectivity index (χ4v) is 3.09. The molecule has 1 aliphatic carbocycles. The zero-order valence-electron chi connectivity index (χ0n) is 11.8. The molecular weight excluding hydrogens is 276 g/mol. The normalized spacial score (nSPS) is 21.4. The molecule has 0 radical (unpaired) electrons.